The number of halogens is 1. The van der Waals surface area contributed by atoms with Crippen LogP contribution in [0.4, 0.5) is 0 Å². The summed E-state index contributed by atoms with van der Waals surface area (Å²) in [5.74, 6) is 0.790. The highest BCUT2D eigenvalue weighted by atomic mass is 79.9. The van der Waals surface area contributed by atoms with Crippen molar-refractivity contribution in [2.75, 3.05) is 32.1 Å². The summed E-state index contributed by atoms with van der Waals surface area (Å²) in [4.78, 5) is 2.42. The van der Waals surface area contributed by atoms with E-state index in [2.05, 4.69) is 34.8 Å². The minimum Gasteiger partial charge on any atom is -0.396 e. The first-order valence-electron chi connectivity index (χ1n) is 6.10. The molecule has 0 rings (SSSR count). The number of unbranched alkanes of at least 4 members (excludes halogenated alkanes) is 2. The smallest absolute Gasteiger partial charge is 0.0431 e. The number of aliphatic hydroxyl groups excluding tert-OH is 1. The molecule has 0 amide bonds. The number of aliphatic hydroxyl groups is 1. The second-order valence-electron chi connectivity index (χ2n) is 4.36. The molecular formula is C12H26BrNO. The first-order valence-corrected chi connectivity index (χ1v) is 7.22. The molecule has 0 heterocycles. The lowest BCUT2D eigenvalue weighted by atomic mass is 10.1. The molecule has 0 aliphatic rings. The van der Waals surface area contributed by atoms with Gasteiger partial charge in [-0.15, -0.1) is 0 Å². The lowest BCUT2D eigenvalue weighted by molar-refractivity contribution is 0.258. The lowest BCUT2D eigenvalue weighted by Crippen LogP contribution is -2.27. The van der Waals surface area contributed by atoms with Crippen LogP contribution in [0, 0.1) is 5.92 Å². The molecule has 0 aromatic rings. The van der Waals surface area contributed by atoms with E-state index in [1.165, 1.54) is 25.8 Å². The first-order chi connectivity index (χ1) is 7.24. The van der Waals surface area contributed by atoms with Gasteiger partial charge >= 0.3 is 0 Å². The Morgan fingerprint density at radius 1 is 1.27 bits per heavy atom. The van der Waals surface area contributed by atoms with Crippen LogP contribution in [0.1, 0.15) is 39.0 Å². The van der Waals surface area contributed by atoms with Crippen molar-refractivity contribution in [3.05, 3.63) is 0 Å². The fourth-order valence-electron chi connectivity index (χ4n) is 1.83. The van der Waals surface area contributed by atoms with Crippen molar-refractivity contribution >= 4 is 15.9 Å². The largest absolute Gasteiger partial charge is 0.396 e. The minimum absolute atomic E-state index is 0.337. The van der Waals surface area contributed by atoms with E-state index in [4.69, 9.17) is 5.11 Å². The van der Waals surface area contributed by atoms with E-state index in [1.54, 1.807) is 0 Å². The average Bonchev–Trinajstić information content (AvgIpc) is 2.24. The number of nitrogens with zero attached hydrogens (tertiary/aromatic N) is 1. The quantitative estimate of drug-likeness (QED) is 0.491. The topological polar surface area (TPSA) is 23.5 Å². The third kappa shape index (κ3) is 9.34. The Hall–Kier alpha value is 0.400. The van der Waals surface area contributed by atoms with Gasteiger partial charge in [-0.3, -0.25) is 0 Å². The van der Waals surface area contributed by atoms with Crippen molar-refractivity contribution in [3.63, 3.8) is 0 Å². The standard InChI is InChI=1S/C12H26BrNO/c1-3-7-12(10-13)11-14(2)8-5-4-6-9-15/h12,15H,3-11H2,1-2H3. The second-order valence-corrected chi connectivity index (χ2v) is 5.00. The van der Waals surface area contributed by atoms with Crippen LogP contribution in [0.5, 0.6) is 0 Å². The van der Waals surface area contributed by atoms with E-state index in [0.29, 0.717) is 6.61 Å². The van der Waals surface area contributed by atoms with Crippen molar-refractivity contribution in [2.24, 2.45) is 5.92 Å². The molecule has 1 unspecified atom stereocenters. The molecule has 0 saturated heterocycles. The van der Waals surface area contributed by atoms with E-state index in [9.17, 15) is 0 Å². The maximum Gasteiger partial charge on any atom is 0.0431 e. The monoisotopic (exact) mass is 279 g/mol. The molecule has 0 fully saturated rings. The zero-order valence-electron chi connectivity index (χ0n) is 10.2. The summed E-state index contributed by atoms with van der Waals surface area (Å²) in [6, 6.07) is 0. The molecule has 3 heteroatoms. The molecular weight excluding hydrogens is 254 g/mol. The van der Waals surface area contributed by atoms with E-state index < -0.39 is 0 Å². The van der Waals surface area contributed by atoms with E-state index in [1.807, 2.05) is 0 Å². The molecule has 0 aromatic heterocycles. The summed E-state index contributed by atoms with van der Waals surface area (Å²) in [5, 5.41) is 9.78. The van der Waals surface area contributed by atoms with Crippen molar-refractivity contribution < 1.29 is 5.11 Å². The molecule has 0 radical (unpaired) electrons. The highest BCUT2D eigenvalue weighted by Gasteiger charge is 2.08. The molecule has 2 nitrogen and oxygen atoms in total. The summed E-state index contributed by atoms with van der Waals surface area (Å²) in [6.45, 7) is 4.94. The summed E-state index contributed by atoms with van der Waals surface area (Å²) < 4.78 is 0. The zero-order valence-corrected chi connectivity index (χ0v) is 11.8. The number of hydrogen-bond donors (Lipinski definition) is 1. The Labute approximate surface area is 103 Å². The van der Waals surface area contributed by atoms with Gasteiger partial charge in [0.15, 0.2) is 0 Å². The van der Waals surface area contributed by atoms with Gasteiger partial charge < -0.3 is 10.0 Å². The number of hydrogen-bond acceptors (Lipinski definition) is 2. The fraction of sp³-hybridized carbons (Fsp3) is 1.00. The summed E-state index contributed by atoms with van der Waals surface area (Å²) in [7, 11) is 2.20. The van der Waals surface area contributed by atoms with Gasteiger partial charge in [-0.1, -0.05) is 29.3 Å². The van der Waals surface area contributed by atoms with Gasteiger partial charge in [0.1, 0.15) is 0 Å². The average molecular weight is 280 g/mol. The van der Waals surface area contributed by atoms with Crippen LogP contribution in [0.15, 0.2) is 0 Å². The fourth-order valence-corrected chi connectivity index (χ4v) is 2.36. The summed E-state index contributed by atoms with van der Waals surface area (Å²) in [6.07, 6.45) is 5.89. The maximum atomic E-state index is 8.67. The van der Waals surface area contributed by atoms with Gasteiger partial charge in [-0.05, 0) is 45.2 Å². The van der Waals surface area contributed by atoms with Gasteiger partial charge in [-0.2, -0.15) is 0 Å². The summed E-state index contributed by atoms with van der Waals surface area (Å²) in [5.41, 5.74) is 0. The Bertz CT molecular complexity index is 133. The Balaban J connectivity index is 3.47. The zero-order chi connectivity index (χ0) is 11.5. The predicted octanol–water partition coefficient (Wildman–Crippen LogP) is 2.89. The number of rotatable bonds is 10. The molecule has 0 aromatic carbocycles. The Kier molecular flexibility index (Phi) is 11.2. The Morgan fingerprint density at radius 2 is 2.00 bits per heavy atom. The van der Waals surface area contributed by atoms with Crippen LogP contribution in [0.3, 0.4) is 0 Å². The molecule has 15 heavy (non-hydrogen) atoms. The Morgan fingerprint density at radius 3 is 2.53 bits per heavy atom. The van der Waals surface area contributed by atoms with E-state index in [0.717, 1.165) is 30.6 Å². The van der Waals surface area contributed by atoms with Crippen LogP contribution in [0.2, 0.25) is 0 Å². The molecule has 0 bridgehead atoms. The molecule has 0 spiro atoms. The van der Waals surface area contributed by atoms with Crippen LogP contribution >= 0.6 is 15.9 Å². The van der Waals surface area contributed by atoms with Crippen molar-refractivity contribution in [2.45, 2.75) is 39.0 Å². The van der Waals surface area contributed by atoms with Crippen LogP contribution in [-0.4, -0.2) is 42.1 Å². The second kappa shape index (κ2) is 10.9. The molecule has 0 aliphatic heterocycles. The van der Waals surface area contributed by atoms with E-state index in [-0.39, 0.29) is 0 Å². The van der Waals surface area contributed by atoms with Crippen LogP contribution < -0.4 is 0 Å². The van der Waals surface area contributed by atoms with Gasteiger partial charge in [0.25, 0.3) is 0 Å². The minimum atomic E-state index is 0.337. The molecule has 0 aliphatic carbocycles. The van der Waals surface area contributed by atoms with Gasteiger partial charge in [0, 0.05) is 18.5 Å². The van der Waals surface area contributed by atoms with Gasteiger partial charge in [-0.25, -0.2) is 0 Å². The first kappa shape index (κ1) is 15.4. The highest BCUT2D eigenvalue weighted by Crippen LogP contribution is 2.11. The third-order valence-electron chi connectivity index (χ3n) is 2.68. The lowest BCUT2D eigenvalue weighted by Gasteiger charge is -2.22. The molecule has 1 atom stereocenters. The number of alkyl halides is 1. The highest BCUT2D eigenvalue weighted by molar-refractivity contribution is 9.09. The van der Waals surface area contributed by atoms with Gasteiger partial charge in [0.2, 0.25) is 0 Å². The van der Waals surface area contributed by atoms with Crippen molar-refractivity contribution in [1.82, 2.24) is 4.90 Å². The molecule has 92 valence electrons. The molecule has 1 N–H and O–H groups in total. The predicted molar refractivity (Wildman–Crippen MR) is 70.6 cm³/mol. The van der Waals surface area contributed by atoms with Gasteiger partial charge in [0.05, 0.1) is 0 Å². The van der Waals surface area contributed by atoms with Crippen molar-refractivity contribution in [3.8, 4) is 0 Å². The maximum absolute atomic E-state index is 8.67. The normalized spacial score (nSPS) is 13.4. The van der Waals surface area contributed by atoms with Crippen molar-refractivity contribution in [1.29, 1.82) is 0 Å². The SMILES string of the molecule is CCCC(CBr)CN(C)CCCCCO. The summed E-state index contributed by atoms with van der Waals surface area (Å²) >= 11 is 3.58. The van der Waals surface area contributed by atoms with E-state index >= 15 is 0 Å². The van der Waals surface area contributed by atoms with Crippen LogP contribution in [-0.2, 0) is 0 Å². The van der Waals surface area contributed by atoms with Crippen LogP contribution in [0.25, 0.3) is 0 Å². The third-order valence-corrected chi connectivity index (χ3v) is 3.60. The molecule has 0 saturated carbocycles.